The first-order valence-corrected chi connectivity index (χ1v) is 22.9. The SMILES string of the molecule is c1ccc(-c2c3ccccc3c(-c3ccc4c(c3)[se]c3c(-c5c6ccccc6c(C6C7CC8CC(C7)CC6C8)c6ccccc56)cccc34)c3ccccc23)cc1. The molecule has 4 bridgehead atoms. The van der Waals surface area contributed by atoms with Crippen LogP contribution in [0.15, 0.2) is 164 Å². The molecule has 272 valence electrons. The molecule has 1 aromatic heterocycles. The van der Waals surface area contributed by atoms with Crippen LogP contribution in [-0.4, -0.2) is 14.5 Å². The molecule has 1 heterocycles. The van der Waals surface area contributed by atoms with Crippen molar-refractivity contribution in [2.75, 3.05) is 0 Å². The molecule has 0 nitrogen and oxygen atoms in total. The predicted octanol–water partition coefficient (Wildman–Crippen LogP) is 15.2. The fourth-order valence-electron chi connectivity index (χ4n) is 12.7. The Morgan fingerprint density at radius 1 is 0.351 bits per heavy atom. The maximum atomic E-state index is 2.54. The third kappa shape index (κ3) is 4.80. The summed E-state index contributed by atoms with van der Waals surface area (Å²) in [6, 6.07) is 62.6. The van der Waals surface area contributed by atoms with Crippen LogP contribution in [0.5, 0.6) is 0 Å². The zero-order valence-corrected chi connectivity index (χ0v) is 33.6. The van der Waals surface area contributed by atoms with Gasteiger partial charge in [0.15, 0.2) is 0 Å². The first-order chi connectivity index (χ1) is 28.3. The van der Waals surface area contributed by atoms with Crippen LogP contribution < -0.4 is 0 Å². The molecule has 0 radical (unpaired) electrons. The monoisotopic (exact) mass is 794 g/mol. The van der Waals surface area contributed by atoms with Gasteiger partial charge in [0.2, 0.25) is 0 Å². The summed E-state index contributed by atoms with van der Waals surface area (Å²) in [5, 5.41) is 14.0. The summed E-state index contributed by atoms with van der Waals surface area (Å²) >= 11 is 0.162. The van der Waals surface area contributed by atoms with Crippen molar-refractivity contribution in [1.82, 2.24) is 0 Å². The summed E-state index contributed by atoms with van der Waals surface area (Å²) in [6.07, 6.45) is 7.28. The Kier molecular flexibility index (Phi) is 7.16. The van der Waals surface area contributed by atoms with E-state index in [4.69, 9.17) is 0 Å². The van der Waals surface area contributed by atoms with Gasteiger partial charge in [-0.25, -0.2) is 0 Å². The molecule has 0 atom stereocenters. The van der Waals surface area contributed by atoms with Crippen LogP contribution in [0.1, 0.15) is 43.6 Å². The van der Waals surface area contributed by atoms with Crippen molar-refractivity contribution in [3.63, 3.8) is 0 Å². The van der Waals surface area contributed by atoms with E-state index >= 15 is 0 Å². The van der Waals surface area contributed by atoms with Crippen LogP contribution in [0, 0.1) is 23.7 Å². The van der Waals surface area contributed by atoms with Crippen LogP contribution in [0.3, 0.4) is 0 Å². The average Bonchev–Trinajstić information content (AvgIpc) is 3.63. The Bertz CT molecular complexity index is 3110. The predicted molar refractivity (Wildman–Crippen MR) is 245 cm³/mol. The molecule has 14 rings (SSSR count). The van der Waals surface area contributed by atoms with E-state index in [-0.39, 0.29) is 14.5 Å². The van der Waals surface area contributed by atoms with Crippen molar-refractivity contribution in [3.8, 4) is 33.4 Å². The van der Waals surface area contributed by atoms with Crippen LogP contribution in [0.4, 0.5) is 0 Å². The van der Waals surface area contributed by atoms with Crippen LogP contribution >= 0.6 is 0 Å². The Balaban J connectivity index is 1.03. The zero-order valence-electron chi connectivity index (χ0n) is 31.9. The van der Waals surface area contributed by atoms with Gasteiger partial charge in [0.1, 0.15) is 0 Å². The summed E-state index contributed by atoms with van der Waals surface area (Å²) in [5.41, 5.74) is 9.78. The average molecular weight is 794 g/mol. The Labute approximate surface area is 339 Å². The molecule has 9 aromatic carbocycles. The van der Waals surface area contributed by atoms with Crippen LogP contribution in [-0.2, 0) is 0 Å². The van der Waals surface area contributed by atoms with E-state index in [0.717, 1.165) is 23.7 Å². The fourth-order valence-corrected chi connectivity index (χ4v) is 15.4. The first-order valence-electron chi connectivity index (χ1n) is 21.1. The molecule has 0 aliphatic heterocycles. The van der Waals surface area contributed by atoms with Gasteiger partial charge >= 0.3 is 341 Å². The molecule has 4 aliphatic rings. The summed E-state index contributed by atoms with van der Waals surface area (Å²) in [4.78, 5) is 0. The summed E-state index contributed by atoms with van der Waals surface area (Å²) < 4.78 is 3.02. The molecule has 0 unspecified atom stereocenters. The Morgan fingerprint density at radius 2 is 0.825 bits per heavy atom. The van der Waals surface area contributed by atoms with E-state index < -0.39 is 0 Å². The van der Waals surface area contributed by atoms with Gasteiger partial charge in [-0.05, 0) is 0 Å². The summed E-state index contributed by atoms with van der Waals surface area (Å²) in [5.74, 6) is 4.32. The number of rotatable bonds is 4. The van der Waals surface area contributed by atoms with Crippen molar-refractivity contribution in [1.29, 1.82) is 0 Å². The molecule has 10 aromatic rings. The minimum absolute atomic E-state index is 0.162. The van der Waals surface area contributed by atoms with Gasteiger partial charge in [-0.1, -0.05) is 0 Å². The van der Waals surface area contributed by atoms with Crippen molar-refractivity contribution in [2.24, 2.45) is 23.7 Å². The number of hydrogen-bond donors (Lipinski definition) is 0. The van der Waals surface area contributed by atoms with Gasteiger partial charge in [0.25, 0.3) is 0 Å². The van der Waals surface area contributed by atoms with Crippen LogP contribution in [0.25, 0.3) is 95.8 Å². The van der Waals surface area contributed by atoms with Gasteiger partial charge < -0.3 is 0 Å². The summed E-state index contributed by atoms with van der Waals surface area (Å²) in [6.45, 7) is 0. The van der Waals surface area contributed by atoms with Crippen molar-refractivity contribution >= 4 is 76.9 Å². The van der Waals surface area contributed by atoms with Gasteiger partial charge in [0.05, 0.1) is 0 Å². The second-order valence-electron chi connectivity index (χ2n) is 17.5. The molecule has 0 amide bonds. The number of fused-ring (bicyclic) bond motifs is 7. The second-order valence-corrected chi connectivity index (χ2v) is 19.7. The molecule has 0 N–H and O–H groups in total. The van der Waals surface area contributed by atoms with Gasteiger partial charge in [-0.2, -0.15) is 0 Å². The van der Waals surface area contributed by atoms with Crippen LogP contribution in [0.2, 0.25) is 0 Å². The minimum atomic E-state index is 0.162. The van der Waals surface area contributed by atoms with Crippen molar-refractivity contribution in [3.05, 3.63) is 169 Å². The topological polar surface area (TPSA) is 0 Å². The van der Waals surface area contributed by atoms with E-state index in [1.807, 2.05) is 0 Å². The zero-order chi connectivity index (χ0) is 37.2. The Hall–Kier alpha value is -5.46. The quantitative estimate of drug-likeness (QED) is 0.123. The van der Waals surface area contributed by atoms with Crippen molar-refractivity contribution in [2.45, 2.75) is 38.0 Å². The molecular weight excluding hydrogens is 752 g/mol. The van der Waals surface area contributed by atoms with Gasteiger partial charge in [-0.15, -0.1) is 0 Å². The van der Waals surface area contributed by atoms with E-state index in [1.54, 1.807) is 5.56 Å². The number of hydrogen-bond acceptors (Lipinski definition) is 0. The molecule has 1 heteroatoms. The normalized spacial score (nSPS) is 21.5. The van der Waals surface area contributed by atoms with E-state index in [2.05, 4.69) is 164 Å². The second kappa shape index (κ2) is 12.5. The fraction of sp³-hybridized carbons (Fsp3) is 0.179. The molecule has 0 spiro atoms. The van der Waals surface area contributed by atoms with E-state index in [1.165, 1.54) is 128 Å². The molecule has 4 saturated carbocycles. The van der Waals surface area contributed by atoms with Gasteiger partial charge in [0, 0.05) is 0 Å². The molecular formula is C56H42Se. The maximum absolute atomic E-state index is 2.54. The molecule has 0 saturated heterocycles. The molecule has 57 heavy (non-hydrogen) atoms. The van der Waals surface area contributed by atoms with Gasteiger partial charge in [-0.3, -0.25) is 0 Å². The summed E-state index contributed by atoms with van der Waals surface area (Å²) in [7, 11) is 0. The third-order valence-electron chi connectivity index (χ3n) is 14.6. The number of benzene rings is 9. The van der Waals surface area contributed by atoms with Crippen molar-refractivity contribution < 1.29 is 0 Å². The van der Waals surface area contributed by atoms with E-state index in [9.17, 15) is 0 Å². The van der Waals surface area contributed by atoms with E-state index in [0.29, 0.717) is 5.92 Å². The molecule has 4 fully saturated rings. The third-order valence-corrected chi connectivity index (χ3v) is 17.1. The molecule has 4 aliphatic carbocycles. The Morgan fingerprint density at radius 3 is 1.39 bits per heavy atom. The standard InChI is InChI=1S/C56H42Se/c1-2-13-35(14-3-1)52-40-15-4-6-17-42(40)53(43-18-7-5-16-41(43)52)36-25-26-39-48-23-12-24-49(56(48)57-50(39)32-36)54-44-19-8-10-21-46(44)55(47-22-11-9-20-45(47)54)51-37-28-33-27-34(30-37)31-38(51)29-33/h1-26,32-34,37-38,51H,27-31H2. The first kappa shape index (κ1) is 32.6.